The van der Waals surface area contributed by atoms with Crippen LogP contribution in [0.25, 0.3) is 0 Å². The maximum absolute atomic E-state index is 13.9. The first-order chi connectivity index (χ1) is 10.2. The van der Waals surface area contributed by atoms with Gasteiger partial charge in [-0.1, -0.05) is 18.2 Å². The van der Waals surface area contributed by atoms with Gasteiger partial charge in [0.25, 0.3) is 0 Å². The highest BCUT2D eigenvalue weighted by Crippen LogP contribution is 2.32. The zero-order chi connectivity index (χ0) is 14.8. The van der Waals surface area contributed by atoms with E-state index in [4.69, 9.17) is 15.7 Å². The first-order valence-corrected chi connectivity index (χ1v) is 6.87. The molecule has 0 saturated carbocycles. The number of hydrogen-bond acceptors (Lipinski definition) is 3. The minimum absolute atomic E-state index is 0.0380. The quantitative estimate of drug-likeness (QED) is 0.940. The normalized spacial score (nSPS) is 16.3. The van der Waals surface area contributed by atoms with Crippen LogP contribution in [-0.2, 0) is 13.0 Å². The lowest BCUT2D eigenvalue weighted by Gasteiger charge is -2.10. The number of halogens is 1. The first kappa shape index (κ1) is 13.6. The van der Waals surface area contributed by atoms with E-state index in [1.807, 2.05) is 24.3 Å². The van der Waals surface area contributed by atoms with Crippen molar-refractivity contribution in [1.29, 1.82) is 5.26 Å². The van der Waals surface area contributed by atoms with E-state index in [1.54, 1.807) is 12.1 Å². The average Bonchev–Trinajstić information content (AvgIpc) is 2.87. The monoisotopic (exact) mass is 282 g/mol. The van der Waals surface area contributed by atoms with Gasteiger partial charge in [-0.15, -0.1) is 0 Å². The van der Waals surface area contributed by atoms with E-state index < -0.39 is 5.82 Å². The fraction of sp³-hybridized carbons (Fsp3) is 0.235. The summed E-state index contributed by atoms with van der Waals surface area (Å²) in [4.78, 5) is 0. The fourth-order valence-electron chi connectivity index (χ4n) is 2.66. The number of nitrogens with zero attached hydrogens (tertiary/aromatic N) is 1. The molecule has 21 heavy (non-hydrogen) atoms. The number of nitrogens with two attached hydrogens (primary N) is 1. The van der Waals surface area contributed by atoms with Crippen LogP contribution >= 0.6 is 0 Å². The van der Waals surface area contributed by atoms with Crippen molar-refractivity contribution < 1.29 is 9.13 Å². The van der Waals surface area contributed by atoms with E-state index in [0.29, 0.717) is 11.3 Å². The molecule has 4 heteroatoms. The Balaban J connectivity index is 1.76. The van der Waals surface area contributed by atoms with Crippen molar-refractivity contribution in [2.45, 2.75) is 25.5 Å². The lowest BCUT2D eigenvalue weighted by Crippen LogP contribution is -2.05. The predicted octanol–water partition coefficient (Wildman–Crippen LogP) is 3.22. The molecule has 0 aromatic heterocycles. The summed E-state index contributed by atoms with van der Waals surface area (Å²) in [7, 11) is 0. The molecule has 3 rings (SSSR count). The summed E-state index contributed by atoms with van der Waals surface area (Å²) in [6, 6.07) is 12.5. The molecule has 0 unspecified atom stereocenters. The molecule has 2 N–H and O–H groups in total. The molecule has 0 aliphatic heterocycles. The number of fused-ring (bicyclic) bond motifs is 1. The van der Waals surface area contributed by atoms with E-state index >= 15 is 0 Å². The Morgan fingerprint density at radius 2 is 2.19 bits per heavy atom. The third-order valence-electron chi connectivity index (χ3n) is 3.83. The maximum atomic E-state index is 13.9. The molecule has 0 saturated heterocycles. The van der Waals surface area contributed by atoms with Crippen molar-refractivity contribution in [3.05, 3.63) is 64.5 Å². The van der Waals surface area contributed by atoms with Crippen LogP contribution in [0.1, 0.15) is 34.7 Å². The van der Waals surface area contributed by atoms with Crippen LogP contribution in [0.5, 0.6) is 5.75 Å². The Morgan fingerprint density at radius 3 is 3.00 bits per heavy atom. The third kappa shape index (κ3) is 2.61. The Bertz CT molecular complexity index is 721. The fourth-order valence-corrected chi connectivity index (χ4v) is 2.66. The number of ether oxygens (including phenoxy) is 1. The smallest absolute Gasteiger partial charge is 0.147 e. The second kappa shape index (κ2) is 5.55. The second-order valence-electron chi connectivity index (χ2n) is 5.18. The topological polar surface area (TPSA) is 59.0 Å². The SMILES string of the molecule is N#Cc1cccc(COc2ccc3c(c2)CC[C@H]3N)c1F. The van der Waals surface area contributed by atoms with E-state index in [2.05, 4.69) is 0 Å². The molecule has 106 valence electrons. The van der Waals surface area contributed by atoms with Gasteiger partial charge in [-0.3, -0.25) is 0 Å². The Morgan fingerprint density at radius 1 is 1.33 bits per heavy atom. The third-order valence-corrected chi connectivity index (χ3v) is 3.83. The van der Waals surface area contributed by atoms with Crippen LogP contribution in [-0.4, -0.2) is 0 Å². The van der Waals surface area contributed by atoms with Gasteiger partial charge < -0.3 is 10.5 Å². The molecule has 2 aromatic carbocycles. The van der Waals surface area contributed by atoms with E-state index in [0.717, 1.165) is 12.8 Å². The van der Waals surface area contributed by atoms with Crippen molar-refractivity contribution >= 4 is 0 Å². The van der Waals surface area contributed by atoms with Crippen LogP contribution in [0.2, 0.25) is 0 Å². The van der Waals surface area contributed by atoms with Crippen molar-refractivity contribution in [1.82, 2.24) is 0 Å². The molecule has 1 atom stereocenters. The van der Waals surface area contributed by atoms with Gasteiger partial charge in [0.1, 0.15) is 24.2 Å². The molecule has 0 heterocycles. The highest BCUT2D eigenvalue weighted by atomic mass is 19.1. The molecule has 1 aliphatic rings. The Hall–Kier alpha value is -2.38. The average molecular weight is 282 g/mol. The standard InChI is InChI=1S/C17H15FN2O/c18-17-12(9-19)2-1-3-13(17)10-21-14-5-6-15-11(8-14)4-7-16(15)20/h1-3,5-6,8,16H,4,7,10,20H2/t16-/m1/s1. The van der Waals surface area contributed by atoms with Gasteiger partial charge in [0, 0.05) is 11.6 Å². The van der Waals surface area contributed by atoms with Gasteiger partial charge in [0.2, 0.25) is 0 Å². The van der Waals surface area contributed by atoms with E-state index in [-0.39, 0.29) is 18.2 Å². The molecule has 2 aromatic rings. The lowest BCUT2D eigenvalue weighted by molar-refractivity contribution is 0.299. The summed E-state index contributed by atoms with van der Waals surface area (Å²) in [5.74, 6) is 0.188. The molecule has 3 nitrogen and oxygen atoms in total. The van der Waals surface area contributed by atoms with Gasteiger partial charge >= 0.3 is 0 Å². The maximum Gasteiger partial charge on any atom is 0.147 e. The van der Waals surface area contributed by atoms with Crippen LogP contribution in [0.3, 0.4) is 0 Å². The summed E-state index contributed by atoms with van der Waals surface area (Å²) in [5.41, 5.74) is 8.78. The molecule has 0 bridgehead atoms. The molecule has 0 spiro atoms. The number of aryl methyl sites for hydroxylation is 1. The minimum atomic E-state index is -0.511. The molecular weight excluding hydrogens is 267 g/mol. The van der Waals surface area contributed by atoms with Crippen LogP contribution in [0, 0.1) is 17.1 Å². The summed E-state index contributed by atoms with van der Waals surface area (Å²) >= 11 is 0. The van der Waals surface area contributed by atoms with Crippen molar-refractivity contribution in [3.63, 3.8) is 0 Å². The number of benzene rings is 2. The molecular formula is C17H15FN2O. The van der Waals surface area contributed by atoms with Gasteiger partial charge in [0.05, 0.1) is 5.56 Å². The Kier molecular flexibility index (Phi) is 3.59. The van der Waals surface area contributed by atoms with Gasteiger partial charge in [-0.2, -0.15) is 5.26 Å². The van der Waals surface area contributed by atoms with Crippen LogP contribution in [0.15, 0.2) is 36.4 Å². The predicted molar refractivity (Wildman–Crippen MR) is 77.1 cm³/mol. The lowest BCUT2D eigenvalue weighted by atomic mass is 10.1. The summed E-state index contributed by atoms with van der Waals surface area (Å²) in [5, 5.41) is 8.82. The highest BCUT2D eigenvalue weighted by molar-refractivity contribution is 5.41. The van der Waals surface area contributed by atoms with Crippen LogP contribution < -0.4 is 10.5 Å². The van der Waals surface area contributed by atoms with Crippen molar-refractivity contribution in [2.75, 3.05) is 0 Å². The van der Waals surface area contributed by atoms with Gasteiger partial charge in [-0.05, 0) is 42.2 Å². The Labute approximate surface area is 122 Å². The number of nitriles is 1. The first-order valence-electron chi connectivity index (χ1n) is 6.87. The molecule has 0 amide bonds. The largest absolute Gasteiger partial charge is 0.489 e. The second-order valence-corrected chi connectivity index (χ2v) is 5.18. The van der Waals surface area contributed by atoms with Crippen molar-refractivity contribution in [3.8, 4) is 11.8 Å². The van der Waals surface area contributed by atoms with Crippen LogP contribution in [0.4, 0.5) is 4.39 Å². The van der Waals surface area contributed by atoms with Gasteiger partial charge in [-0.25, -0.2) is 4.39 Å². The number of rotatable bonds is 3. The molecule has 0 radical (unpaired) electrons. The zero-order valence-electron chi connectivity index (χ0n) is 11.5. The number of hydrogen-bond donors (Lipinski definition) is 1. The minimum Gasteiger partial charge on any atom is -0.489 e. The van der Waals surface area contributed by atoms with Crippen molar-refractivity contribution in [2.24, 2.45) is 5.73 Å². The van der Waals surface area contributed by atoms with Gasteiger partial charge in [0.15, 0.2) is 0 Å². The summed E-state index contributed by atoms with van der Waals surface area (Å²) < 4.78 is 19.6. The zero-order valence-corrected chi connectivity index (χ0v) is 11.5. The highest BCUT2D eigenvalue weighted by Gasteiger charge is 2.19. The summed E-state index contributed by atoms with van der Waals surface area (Å²) in [6.07, 6.45) is 1.91. The van der Waals surface area contributed by atoms with E-state index in [1.165, 1.54) is 17.2 Å². The molecule has 0 fully saturated rings. The summed E-state index contributed by atoms with van der Waals surface area (Å²) in [6.45, 7) is 0.103. The molecule has 1 aliphatic carbocycles. The van der Waals surface area contributed by atoms with E-state index in [9.17, 15) is 4.39 Å².